The first kappa shape index (κ1) is 30.5. The van der Waals surface area contributed by atoms with Crippen molar-refractivity contribution in [2.24, 2.45) is 5.92 Å². The van der Waals surface area contributed by atoms with Crippen LogP contribution in [0.3, 0.4) is 0 Å². The van der Waals surface area contributed by atoms with Gasteiger partial charge >= 0.3 is 6.09 Å². The van der Waals surface area contributed by atoms with Gasteiger partial charge in [0, 0.05) is 73.1 Å². The van der Waals surface area contributed by atoms with E-state index in [2.05, 4.69) is 37.9 Å². The van der Waals surface area contributed by atoms with Crippen molar-refractivity contribution in [1.82, 2.24) is 14.7 Å². The van der Waals surface area contributed by atoms with Gasteiger partial charge in [0.2, 0.25) is 5.91 Å². The maximum absolute atomic E-state index is 13.8. The number of amides is 3. The Hall–Kier alpha value is -2.98. The molecule has 3 amide bonds. The molecule has 1 N–H and O–H groups in total. The molecule has 5 rings (SSSR count). The first-order valence-electron chi connectivity index (χ1n) is 14.6. The van der Waals surface area contributed by atoms with Crippen LogP contribution < -0.4 is 9.64 Å². The van der Waals surface area contributed by atoms with Crippen LogP contribution >= 0.6 is 27.5 Å². The second kappa shape index (κ2) is 12.7. The van der Waals surface area contributed by atoms with Gasteiger partial charge in [-0.15, -0.1) is 0 Å². The topological polar surface area (TPSA) is 93.6 Å². The number of benzene rings is 2. The number of halogens is 2. The average molecular weight is 662 g/mol. The molecule has 1 unspecified atom stereocenters. The summed E-state index contributed by atoms with van der Waals surface area (Å²) < 4.78 is 7.24. The SMILES string of the molecule is CC(C)(Oc1cc(Cl)cc(N2CCCC(C(=O)N(Cc3ccc(Br)cc3)C3CC3)C2)c1)C(=O)N1CCN(C(=O)O)CC1. The van der Waals surface area contributed by atoms with E-state index in [1.807, 2.05) is 24.3 Å². The Kier molecular flexibility index (Phi) is 9.23. The monoisotopic (exact) mass is 660 g/mol. The van der Waals surface area contributed by atoms with E-state index in [0.29, 0.717) is 43.0 Å². The minimum atomic E-state index is -1.18. The number of carbonyl (C=O) groups is 3. The summed E-state index contributed by atoms with van der Waals surface area (Å²) in [7, 11) is 0. The van der Waals surface area contributed by atoms with Gasteiger partial charge in [-0.1, -0.05) is 39.7 Å². The van der Waals surface area contributed by atoms with Crippen LogP contribution in [0.15, 0.2) is 46.9 Å². The van der Waals surface area contributed by atoms with E-state index in [9.17, 15) is 19.5 Å². The molecular formula is C31H38BrClN4O5. The van der Waals surface area contributed by atoms with E-state index in [4.69, 9.17) is 16.3 Å². The smallest absolute Gasteiger partial charge is 0.407 e. The minimum absolute atomic E-state index is 0.111. The highest BCUT2D eigenvalue weighted by Crippen LogP contribution is 2.35. The highest BCUT2D eigenvalue weighted by Gasteiger charge is 2.38. The number of piperazine rings is 1. The third-order valence-electron chi connectivity index (χ3n) is 8.25. The molecule has 2 aromatic carbocycles. The third kappa shape index (κ3) is 7.32. The van der Waals surface area contributed by atoms with Crippen LogP contribution in [-0.2, 0) is 16.1 Å². The highest BCUT2D eigenvalue weighted by molar-refractivity contribution is 9.10. The number of anilines is 1. The Balaban J connectivity index is 1.25. The summed E-state index contributed by atoms with van der Waals surface area (Å²) in [6.07, 6.45) is 2.87. The van der Waals surface area contributed by atoms with Crippen molar-refractivity contribution >= 4 is 51.1 Å². The molecule has 9 nitrogen and oxygen atoms in total. The van der Waals surface area contributed by atoms with Crippen LogP contribution in [0.25, 0.3) is 0 Å². The number of carboxylic acid groups (broad SMARTS) is 1. The summed E-state index contributed by atoms with van der Waals surface area (Å²) in [5.41, 5.74) is 0.814. The van der Waals surface area contributed by atoms with Crippen molar-refractivity contribution in [3.05, 3.63) is 57.5 Å². The van der Waals surface area contributed by atoms with Crippen LogP contribution in [0.2, 0.25) is 5.02 Å². The number of hydrogen-bond donors (Lipinski definition) is 1. The quantitative estimate of drug-likeness (QED) is 0.402. The van der Waals surface area contributed by atoms with Crippen LogP contribution in [-0.4, -0.2) is 88.6 Å². The van der Waals surface area contributed by atoms with Gasteiger partial charge in [0.1, 0.15) is 5.75 Å². The van der Waals surface area contributed by atoms with Gasteiger partial charge in [-0.2, -0.15) is 0 Å². The minimum Gasteiger partial charge on any atom is -0.478 e. The molecule has 0 bridgehead atoms. The van der Waals surface area contributed by atoms with E-state index in [0.717, 1.165) is 48.0 Å². The average Bonchev–Trinajstić information content (AvgIpc) is 3.81. The molecule has 0 aromatic heterocycles. The van der Waals surface area contributed by atoms with E-state index in [-0.39, 0.29) is 30.8 Å². The van der Waals surface area contributed by atoms with Gasteiger partial charge < -0.3 is 29.4 Å². The molecule has 2 aliphatic heterocycles. The fourth-order valence-electron chi connectivity index (χ4n) is 5.82. The molecule has 226 valence electrons. The predicted molar refractivity (Wildman–Crippen MR) is 165 cm³/mol. The second-order valence-corrected chi connectivity index (χ2v) is 13.3. The molecule has 3 fully saturated rings. The predicted octanol–water partition coefficient (Wildman–Crippen LogP) is 5.49. The van der Waals surface area contributed by atoms with Crippen molar-refractivity contribution in [1.29, 1.82) is 0 Å². The summed E-state index contributed by atoms with van der Waals surface area (Å²) in [6.45, 7) is 6.64. The molecule has 0 spiro atoms. The van der Waals surface area contributed by atoms with Gasteiger partial charge in [0.15, 0.2) is 5.60 Å². The van der Waals surface area contributed by atoms with Crippen molar-refractivity contribution < 1.29 is 24.2 Å². The van der Waals surface area contributed by atoms with Crippen LogP contribution in [0.1, 0.15) is 45.1 Å². The Morgan fingerprint density at radius 2 is 1.67 bits per heavy atom. The zero-order chi connectivity index (χ0) is 30.0. The van der Waals surface area contributed by atoms with E-state index in [1.54, 1.807) is 24.8 Å². The first-order chi connectivity index (χ1) is 20.0. The van der Waals surface area contributed by atoms with E-state index >= 15 is 0 Å². The van der Waals surface area contributed by atoms with Crippen LogP contribution in [0, 0.1) is 5.92 Å². The molecule has 2 heterocycles. The summed E-state index contributed by atoms with van der Waals surface area (Å²) in [5, 5.41) is 9.70. The maximum atomic E-state index is 13.8. The van der Waals surface area contributed by atoms with E-state index < -0.39 is 11.7 Å². The normalized spacial score (nSPS) is 19.4. The fraction of sp³-hybridized carbons (Fsp3) is 0.516. The lowest BCUT2D eigenvalue weighted by Crippen LogP contribution is -2.56. The largest absolute Gasteiger partial charge is 0.478 e. The number of hydrogen-bond acceptors (Lipinski definition) is 5. The number of nitrogens with zero attached hydrogens (tertiary/aromatic N) is 4. The third-order valence-corrected chi connectivity index (χ3v) is 9.00. The van der Waals surface area contributed by atoms with Gasteiger partial charge in [0.05, 0.1) is 5.92 Å². The van der Waals surface area contributed by atoms with Crippen molar-refractivity contribution in [3.63, 3.8) is 0 Å². The standard InChI is InChI=1S/C31H38BrClN4O5/c1-31(2,29(39)34-12-14-35(15-13-34)30(40)41)42-27-17-24(33)16-26(18-27)36-11-3-4-22(20-36)28(38)37(25-9-10-25)19-21-5-7-23(32)8-6-21/h5-8,16-18,22,25H,3-4,9-15,19-20H2,1-2H3,(H,40,41). The lowest BCUT2D eigenvalue weighted by atomic mass is 9.95. The van der Waals surface area contributed by atoms with Gasteiger partial charge in [-0.25, -0.2) is 4.79 Å². The molecule has 1 aliphatic carbocycles. The Bertz CT molecular complexity index is 1310. The summed E-state index contributed by atoms with van der Waals surface area (Å²) in [4.78, 5) is 45.5. The molecule has 3 aliphatic rings. The maximum Gasteiger partial charge on any atom is 0.407 e. The lowest BCUT2D eigenvalue weighted by Gasteiger charge is -2.38. The highest BCUT2D eigenvalue weighted by atomic mass is 79.9. The van der Waals surface area contributed by atoms with Crippen LogP contribution in [0.4, 0.5) is 10.5 Å². The number of ether oxygens (including phenoxy) is 1. The van der Waals surface area contributed by atoms with Crippen molar-refractivity contribution in [2.75, 3.05) is 44.2 Å². The summed E-state index contributed by atoms with van der Waals surface area (Å²) >= 11 is 10.0. The molecule has 11 heteroatoms. The zero-order valence-corrected chi connectivity index (χ0v) is 26.4. The number of piperidine rings is 1. The van der Waals surface area contributed by atoms with Gasteiger partial charge in [0.25, 0.3) is 5.91 Å². The Labute approximate surface area is 260 Å². The first-order valence-corrected chi connectivity index (χ1v) is 15.7. The zero-order valence-electron chi connectivity index (χ0n) is 24.1. The molecule has 2 saturated heterocycles. The fourth-order valence-corrected chi connectivity index (χ4v) is 6.30. The molecule has 2 aromatic rings. The number of rotatable bonds is 8. The van der Waals surface area contributed by atoms with E-state index in [1.165, 1.54) is 4.90 Å². The summed E-state index contributed by atoms with van der Waals surface area (Å²) in [5.74, 6) is 0.367. The molecule has 1 saturated carbocycles. The van der Waals surface area contributed by atoms with Crippen molar-refractivity contribution in [3.8, 4) is 5.75 Å². The number of carbonyl (C=O) groups excluding carboxylic acids is 2. The van der Waals surface area contributed by atoms with Gasteiger partial charge in [-0.05, 0) is 69.4 Å². The Morgan fingerprint density at radius 1 is 1.00 bits per heavy atom. The Morgan fingerprint density at radius 3 is 2.31 bits per heavy atom. The molecule has 0 radical (unpaired) electrons. The summed E-state index contributed by atoms with van der Waals surface area (Å²) in [6, 6.07) is 13.9. The molecule has 1 atom stereocenters. The lowest BCUT2D eigenvalue weighted by molar-refractivity contribution is -0.147. The molecule has 42 heavy (non-hydrogen) atoms. The van der Waals surface area contributed by atoms with Crippen LogP contribution in [0.5, 0.6) is 5.75 Å². The molecular weight excluding hydrogens is 624 g/mol. The van der Waals surface area contributed by atoms with Crippen molar-refractivity contribution in [2.45, 2.75) is 57.7 Å². The second-order valence-electron chi connectivity index (χ2n) is 11.9. The van der Waals surface area contributed by atoms with Gasteiger partial charge in [-0.3, -0.25) is 9.59 Å².